The van der Waals surface area contributed by atoms with E-state index in [0.29, 0.717) is 17.1 Å². The van der Waals surface area contributed by atoms with Gasteiger partial charge in [-0.15, -0.1) is 0 Å². The van der Waals surface area contributed by atoms with Crippen LogP contribution in [0.1, 0.15) is 17.4 Å². The predicted octanol–water partition coefficient (Wildman–Crippen LogP) is 5.21. The minimum Gasteiger partial charge on any atom is -0.461 e. The highest BCUT2D eigenvalue weighted by atomic mass is 19.1. The van der Waals surface area contributed by atoms with Gasteiger partial charge in [-0.2, -0.15) is 0 Å². The molecular weight excluding hydrogens is 343 g/mol. The van der Waals surface area contributed by atoms with Crippen LogP contribution in [0, 0.1) is 5.82 Å². The molecule has 0 atom stereocenters. The van der Waals surface area contributed by atoms with Gasteiger partial charge in [-0.1, -0.05) is 42.5 Å². The monoisotopic (exact) mass is 360 g/mol. The molecule has 0 radical (unpaired) electrons. The number of carbonyl (C=O) groups is 1. The van der Waals surface area contributed by atoms with Gasteiger partial charge in [0.2, 0.25) is 0 Å². The van der Waals surface area contributed by atoms with Gasteiger partial charge in [-0.05, 0) is 42.0 Å². The van der Waals surface area contributed by atoms with Crippen molar-refractivity contribution in [3.63, 3.8) is 0 Å². The summed E-state index contributed by atoms with van der Waals surface area (Å²) in [6, 6.07) is 19.8. The second-order valence-electron chi connectivity index (χ2n) is 6.06. The van der Waals surface area contributed by atoms with E-state index in [1.165, 1.54) is 12.1 Å². The van der Waals surface area contributed by atoms with Crippen molar-refractivity contribution in [1.82, 2.24) is 9.97 Å². The number of aromatic amines is 1. The van der Waals surface area contributed by atoms with Crippen LogP contribution in [0.3, 0.4) is 0 Å². The lowest BCUT2D eigenvalue weighted by molar-refractivity contribution is 0.0521. The van der Waals surface area contributed by atoms with Crippen LogP contribution < -0.4 is 0 Å². The second kappa shape index (κ2) is 7.03. The first-order valence-corrected chi connectivity index (χ1v) is 8.68. The molecule has 27 heavy (non-hydrogen) atoms. The Bertz CT molecular complexity index is 1110. The minimum atomic E-state index is -0.490. The summed E-state index contributed by atoms with van der Waals surface area (Å²) in [7, 11) is 0. The summed E-state index contributed by atoms with van der Waals surface area (Å²) < 4.78 is 18.5. The Morgan fingerprint density at radius 3 is 2.56 bits per heavy atom. The average molecular weight is 360 g/mol. The van der Waals surface area contributed by atoms with Crippen LogP contribution in [-0.2, 0) is 4.74 Å². The van der Waals surface area contributed by atoms with E-state index in [0.717, 1.165) is 16.3 Å². The highest BCUT2D eigenvalue weighted by Crippen LogP contribution is 2.31. The van der Waals surface area contributed by atoms with E-state index in [2.05, 4.69) is 9.97 Å². The smallest absolute Gasteiger partial charge is 0.357 e. The van der Waals surface area contributed by atoms with Gasteiger partial charge in [0.15, 0.2) is 5.69 Å². The predicted molar refractivity (Wildman–Crippen MR) is 103 cm³/mol. The van der Waals surface area contributed by atoms with E-state index in [1.807, 2.05) is 42.5 Å². The Morgan fingerprint density at radius 2 is 1.78 bits per heavy atom. The maximum absolute atomic E-state index is 13.3. The Hall–Kier alpha value is -3.47. The fraction of sp³-hybridized carbons (Fsp3) is 0.0909. The topological polar surface area (TPSA) is 55.0 Å². The molecule has 1 aromatic heterocycles. The number of hydrogen-bond acceptors (Lipinski definition) is 3. The molecule has 5 heteroatoms. The summed E-state index contributed by atoms with van der Waals surface area (Å²) in [5.41, 5.74) is 2.22. The molecule has 0 saturated carbocycles. The summed E-state index contributed by atoms with van der Waals surface area (Å²) in [4.78, 5) is 20.2. The zero-order chi connectivity index (χ0) is 18.8. The summed E-state index contributed by atoms with van der Waals surface area (Å²) in [5.74, 6) is -0.272. The molecule has 0 aliphatic rings. The number of fused-ring (bicyclic) bond motifs is 1. The first kappa shape index (κ1) is 17.0. The summed E-state index contributed by atoms with van der Waals surface area (Å²) >= 11 is 0. The van der Waals surface area contributed by atoms with Crippen LogP contribution in [0.2, 0.25) is 0 Å². The standard InChI is InChI=1S/C22H17FN2O2/c1-2-27-22(26)20-19(15-10-12-16(23)13-11-15)24-21(25-20)18-9-5-7-14-6-3-4-8-17(14)18/h3-13H,2H2,1H3,(H,24,25). The fourth-order valence-corrected chi connectivity index (χ4v) is 3.10. The highest BCUT2D eigenvalue weighted by Gasteiger charge is 2.21. The van der Waals surface area contributed by atoms with Crippen molar-refractivity contribution in [3.8, 4) is 22.6 Å². The van der Waals surface area contributed by atoms with Gasteiger partial charge < -0.3 is 9.72 Å². The first-order chi connectivity index (χ1) is 13.2. The number of rotatable bonds is 4. The third-order valence-electron chi connectivity index (χ3n) is 4.35. The normalized spacial score (nSPS) is 10.9. The van der Waals surface area contributed by atoms with E-state index in [-0.39, 0.29) is 18.1 Å². The molecule has 0 aliphatic carbocycles. The summed E-state index contributed by atoms with van der Waals surface area (Å²) in [6.07, 6.45) is 0. The van der Waals surface area contributed by atoms with E-state index in [4.69, 9.17) is 4.74 Å². The van der Waals surface area contributed by atoms with Gasteiger partial charge in [0.05, 0.1) is 6.61 Å². The van der Waals surface area contributed by atoms with Gasteiger partial charge in [-0.25, -0.2) is 14.2 Å². The number of aromatic nitrogens is 2. The van der Waals surface area contributed by atoms with Crippen LogP contribution in [0.25, 0.3) is 33.4 Å². The first-order valence-electron chi connectivity index (χ1n) is 8.68. The van der Waals surface area contributed by atoms with Gasteiger partial charge >= 0.3 is 5.97 Å². The molecule has 0 spiro atoms. The molecule has 0 fully saturated rings. The summed E-state index contributed by atoms with van der Waals surface area (Å²) in [5, 5.41) is 2.10. The van der Waals surface area contributed by atoms with Gasteiger partial charge in [0.25, 0.3) is 0 Å². The number of esters is 1. The Balaban J connectivity index is 1.90. The molecule has 0 bridgehead atoms. The lowest BCUT2D eigenvalue weighted by Crippen LogP contribution is -2.06. The number of H-pyrrole nitrogens is 1. The number of hydrogen-bond donors (Lipinski definition) is 1. The van der Waals surface area contributed by atoms with Crippen molar-refractivity contribution >= 4 is 16.7 Å². The van der Waals surface area contributed by atoms with Crippen molar-refractivity contribution in [3.05, 3.63) is 78.2 Å². The van der Waals surface area contributed by atoms with E-state index < -0.39 is 5.97 Å². The SMILES string of the molecule is CCOC(=O)c1[nH]c(-c2cccc3ccccc23)nc1-c1ccc(F)cc1. The van der Waals surface area contributed by atoms with Crippen molar-refractivity contribution in [2.24, 2.45) is 0 Å². The zero-order valence-corrected chi connectivity index (χ0v) is 14.7. The average Bonchev–Trinajstić information content (AvgIpc) is 3.13. The molecule has 4 rings (SSSR count). The Labute approximate surface area is 155 Å². The van der Waals surface area contributed by atoms with Gasteiger partial charge in [-0.3, -0.25) is 0 Å². The molecule has 0 unspecified atom stereocenters. The number of ether oxygens (including phenoxy) is 1. The number of halogens is 1. The molecule has 0 aliphatic heterocycles. The molecule has 3 aromatic carbocycles. The lowest BCUT2D eigenvalue weighted by Gasteiger charge is -2.03. The second-order valence-corrected chi connectivity index (χ2v) is 6.06. The Morgan fingerprint density at radius 1 is 1.04 bits per heavy atom. The van der Waals surface area contributed by atoms with Gasteiger partial charge in [0, 0.05) is 11.1 Å². The van der Waals surface area contributed by atoms with Crippen LogP contribution in [0.5, 0.6) is 0 Å². The number of nitrogens with one attached hydrogen (secondary N) is 1. The molecule has 0 saturated heterocycles. The van der Waals surface area contributed by atoms with Crippen molar-refractivity contribution in [2.75, 3.05) is 6.61 Å². The van der Waals surface area contributed by atoms with Crippen LogP contribution >= 0.6 is 0 Å². The zero-order valence-electron chi connectivity index (χ0n) is 14.7. The molecule has 4 aromatic rings. The number of carbonyl (C=O) groups excluding carboxylic acids is 1. The third kappa shape index (κ3) is 3.19. The van der Waals surface area contributed by atoms with E-state index in [9.17, 15) is 9.18 Å². The highest BCUT2D eigenvalue weighted by molar-refractivity contribution is 5.99. The van der Waals surface area contributed by atoms with Crippen molar-refractivity contribution in [1.29, 1.82) is 0 Å². The molecule has 0 amide bonds. The number of nitrogens with zero attached hydrogens (tertiary/aromatic N) is 1. The molecule has 1 N–H and O–H groups in total. The van der Waals surface area contributed by atoms with Crippen molar-refractivity contribution in [2.45, 2.75) is 6.92 Å². The maximum atomic E-state index is 13.3. The molecule has 4 nitrogen and oxygen atoms in total. The van der Waals surface area contributed by atoms with Crippen LogP contribution in [-0.4, -0.2) is 22.5 Å². The van der Waals surface area contributed by atoms with E-state index >= 15 is 0 Å². The maximum Gasteiger partial charge on any atom is 0.357 e. The Kier molecular flexibility index (Phi) is 4.42. The molecular formula is C22H17FN2O2. The number of imidazole rings is 1. The molecule has 1 heterocycles. The largest absolute Gasteiger partial charge is 0.461 e. The number of benzene rings is 3. The third-order valence-corrected chi connectivity index (χ3v) is 4.35. The fourth-order valence-electron chi connectivity index (χ4n) is 3.10. The van der Waals surface area contributed by atoms with Crippen molar-refractivity contribution < 1.29 is 13.9 Å². The quantitative estimate of drug-likeness (QED) is 0.508. The van der Waals surface area contributed by atoms with Gasteiger partial charge in [0.1, 0.15) is 17.3 Å². The van der Waals surface area contributed by atoms with E-state index in [1.54, 1.807) is 19.1 Å². The van der Waals surface area contributed by atoms with Crippen LogP contribution in [0.15, 0.2) is 66.7 Å². The minimum absolute atomic E-state index is 0.254. The lowest BCUT2D eigenvalue weighted by atomic mass is 10.0. The summed E-state index contributed by atoms with van der Waals surface area (Å²) in [6.45, 7) is 2.00. The molecule has 134 valence electrons. The van der Waals surface area contributed by atoms with Crippen LogP contribution in [0.4, 0.5) is 4.39 Å².